The van der Waals surface area contributed by atoms with Crippen molar-refractivity contribution in [3.63, 3.8) is 0 Å². The van der Waals surface area contributed by atoms with E-state index in [4.69, 9.17) is 0 Å². The molecule has 2 rings (SSSR count). The highest BCUT2D eigenvalue weighted by atomic mass is 16.2. The van der Waals surface area contributed by atoms with Gasteiger partial charge < -0.3 is 10.2 Å². The summed E-state index contributed by atoms with van der Waals surface area (Å²) in [5.74, 6) is -0.150. The van der Waals surface area contributed by atoms with Gasteiger partial charge in [-0.15, -0.1) is 0 Å². The van der Waals surface area contributed by atoms with Crippen LogP contribution >= 0.6 is 0 Å². The number of amides is 2. The number of aryl methyl sites for hydroxylation is 3. The summed E-state index contributed by atoms with van der Waals surface area (Å²) in [6.07, 6.45) is 0.872. The summed E-state index contributed by atoms with van der Waals surface area (Å²) >= 11 is 0. The van der Waals surface area contributed by atoms with Crippen LogP contribution < -0.4 is 5.32 Å². The quantitative estimate of drug-likeness (QED) is 0.812. The van der Waals surface area contributed by atoms with Crippen LogP contribution in [0.5, 0.6) is 0 Å². The number of benzene rings is 2. The molecule has 0 radical (unpaired) electrons. The summed E-state index contributed by atoms with van der Waals surface area (Å²) in [5.41, 5.74) is 5.43. The zero-order valence-corrected chi connectivity index (χ0v) is 17.0. The molecule has 2 aromatic carbocycles. The Bertz CT molecular complexity index is 814. The smallest absolute Gasteiger partial charge is 0.242 e. The van der Waals surface area contributed by atoms with E-state index >= 15 is 0 Å². The highest BCUT2D eigenvalue weighted by molar-refractivity contribution is 5.88. The number of carbonyl (C=O) groups excluding carboxylic acids is 2. The molecule has 2 aromatic rings. The molecule has 1 atom stereocenters. The van der Waals surface area contributed by atoms with E-state index < -0.39 is 6.04 Å². The molecule has 0 aliphatic carbocycles. The Balaban J connectivity index is 2.35. The zero-order valence-electron chi connectivity index (χ0n) is 17.0. The lowest BCUT2D eigenvalue weighted by Gasteiger charge is -2.31. The van der Waals surface area contributed by atoms with Gasteiger partial charge in [0.15, 0.2) is 0 Å². The molecular formula is C23H30N2O2. The molecule has 0 fully saturated rings. The summed E-state index contributed by atoms with van der Waals surface area (Å²) in [6.45, 7) is 8.45. The van der Waals surface area contributed by atoms with Gasteiger partial charge in [-0.2, -0.15) is 0 Å². The predicted octanol–water partition coefficient (Wildman–Crippen LogP) is 3.71. The Morgan fingerprint density at radius 3 is 2.30 bits per heavy atom. The van der Waals surface area contributed by atoms with Crippen molar-refractivity contribution in [3.8, 4) is 0 Å². The molecule has 4 nitrogen and oxygen atoms in total. The van der Waals surface area contributed by atoms with Crippen LogP contribution in [0.1, 0.15) is 41.2 Å². The normalized spacial score (nSPS) is 11.7. The number of rotatable bonds is 7. The van der Waals surface area contributed by atoms with Crippen molar-refractivity contribution < 1.29 is 9.59 Å². The van der Waals surface area contributed by atoms with Gasteiger partial charge in [-0.25, -0.2) is 0 Å². The first-order chi connectivity index (χ1) is 12.9. The van der Waals surface area contributed by atoms with Gasteiger partial charge in [0.2, 0.25) is 11.8 Å². The second-order valence-corrected chi connectivity index (χ2v) is 7.09. The molecule has 2 amide bonds. The molecule has 0 saturated carbocycles. The fourth-order valence-corrected chi connectivity index (χ4v) is 3.31. The van der Waals surface area contributed by atoms with E-state index in [-0.39, 0.29) is 11.8 Å². The molecular weight excluding hydrogens is 336 g/mol. The second kappa shape index (κ2) is 9.36. The Morgan fingerprint density at radius 2 is 1.67 bits per heavy atom. The van der Waals surface area contributed by atoms with Gasteiger partial charge in [0.05, 0.1) is 6.42 Å². The Morgan fingerprint density at radius 1 is 1.00 bits per heavy atom. The summed E-state index contributed by atoms with van der Waals surface area (Å²) in [6, 6.07) is 13.7. The van der Waals surface area contributed by atoms with E-state index in [1.165, 1.54) is 0 Å². The maximum atomic E-state index is 13.3. The molecule has 0 bridgehead atoms. The average molecular weight is 367 g/mol. The lowest BCUT2D eigenvalue weighted by molar-refractivity contribution is -0.140. The van der Waals surface area contributed by atoms with Crippen molar-refractivity contribution in [1.29, 1.82) is 0 Å². The van der Waals surface area contributed by atoms with Crippen molar-refractivity contribution >= 4 is 11.8 Å². The summed E-state index contributed by atoms with van der Waals surface area (Å²) in [5, 5.41) is 2.70. The van der Waals surface area contributed by atoms with Gasteiger partial charge >= 0.3 is 0 Å². The van der Waals surface area contributed by atoms with Crippen molar-refractivity contribution in [1.82, 2.24) is 10.2 Å². The molecule has 144 valence electrons. The van der Waals surface area contributed by atoms with Gasteiger partial charge in [0.1, 0.15) is 6.04 Å². The Kier molecular flexibility index (Phi) is 7.17. The molecule has 4 heteroatoms. The van der Waals surface area contributed by atoms with E-state index in [2.05, 4.69) is 11.4 Å². The van der Waals surface area contributed by atoms with Crippen LogP contribution in [0, 0.1) is 20.8 Å². The molecule has 0 unspecified atom stereocenters. The maximum Gasteiger partial charge on any atom is 0.242 e. The number of likely N-dealkylation sites (N-methyl/N-ethyl adjacent to an activating group) is 1. The van der Waals surface area contributed by atoms with Crippen LogP contribution in [-0.4, -0.2) is 29.8 Å². The Labute approximate surface area is 162 Å². The van der Waals surface area contributed by atoms with Crippen molar-refractivity contribution in [2.75, 3.05) is 7.05 Å². The Hall–Kier alpha value is -2.62. The lowest BCUT2D eigenvalue weighted by atomic mass is 10.0. The SMILES string of the molecule is CC[C@H](C(=O)NC)N(Cc1ccccc1C)C(=O)Cc1cc(C)ccc1C. The molecule has 1 N–H and O–H groups in total. The molecule has 0 saturated heterocycles. The monoisotopic (exact) mass is 366 g/mol. The van der Waals surface area contributed by atoms with E-state index in [1.54, 1.807) is 11.9 Å². The predicted molar refractivity (Wildman–Crippen MR) is 109 cm³/mol. The lowest BCUT2D eigenvalue weighted by Crippen LogP contribution is -2.48. The van der Waals surface area contributed by atoms with E-state index in [1.807, 2.05) is 64.1 Å². The number of carbonyl (C=O) groups is 2. The number of nitrogens with zero attached hydrogens (tertiary/aromatic N) is 1. The van der Waals surface area contributed by atoms with Crippen LogP contribution in [0.3, 0.4) is 0 Å². The molecule has 0 aliphatic rings. The molecule has 0 aromatic heterocycles. The highest BCUT2D eigenvalue weighted by Gasteiger charge is 2.28. The topological polar surface area (TPSA) is 49.4 Å². The first kappa shape index (κ1) is 20.7. The van der Waals surface area contributed by atoms with Crippen LogP contribution in [0.2, 0.25) is 0 Å². The third-order valence-corrected chi connectivity index (χ3v) is 5.08. The van der Waals surface area contributed by atoms with Crippen molar-refractivity contribution in [2.45, 2.75) is 53.1 Å². The van der Waals surface area contributed by atoms with Gasteiger partial charge in [-0.05, 0) is 49.4 Å². The number of hydrogen-bond acceptors (Lipinski definition) is 2. The number of nitrogens with one attached hydrogen (secondary N) is 1. The fourth-order valence-electron chi connectivity index (χ4n) is 3.31. The van der Waals surface area contributed by atoms with Gasteiger partial charge in [0, 0.05) is 13.6 Å². The van der Waals surface area contributed by atoms with Crippen LogP contribution in [-0.2, 0) is 22.6 Å². The first-order valence-corrected chi connectivity index (χ1v) is 9.49. The summed E-state index contributed by atoms with van der Waals surface area (Å²) in [4.78, 5) is 27.4. The van der Waals surface area contributed by atoms with Gasteiger partial charge in [0.25, 0.3) is 0 Å². The van der Waals surface area contributed by atoms with E-state index in [9.17, 15) is 9.59 Å². The van der Waals surface area contributed by atoms with Crippen molar-refractivity contribution in [2.24, 2.45) is 0 Å². The summed E-state index contributed by atoms with van der Waals surface area (Å²) < 4.78 is 0. The third kappa shape index (κ3) is 5.19. The molecule has 0 aliphatic heterocycles. The minimum absolute atomic E-state index is 0.0256. The standard InChI is InChI=1S/C23H30N2O2/c1-6-21(23(27)24-5)25(15-19-10-8-7-9-17(19)3)22(26)14-20-13-16(2)11-12-18(20)4/h7-13,21H,6,14-15H2,1-5H3,(H,24,27)/t21-/m1/s1. The maximum absolute atomic E-state index is 13.3. The molecule has 0 spiro atoms. The fraction of sp³-hybridized carbons (Fsp3) is 0.391. The minimum Gasteiger partial charge on any atom is -0.357 e. The van der Waals surface area contributed by atoms with Crippen LogP contribution in [0.25, 0.3) is 0 Å². The summed E-state index contributed by atoms with van der Waals surface area (Å²) in [7, 11) is 1.62. The largest absolute Gasteiger partial charge is 0.357 e. The average Bonchev–Trinajstić information content (AvgIpc) is 2.65. The zero-order chi connectivity index (χ0) is 20.0. The second-order valence-electron chi connectivity index (χ2n) is 7.09. The third-order valence-electron chi connectivity index (χ3n) is 5.08. The first-order valence-electron chi connectivity index (χ1n) is 9.49. The molecule has 27 heavy (non-hydrogen) atoms. The minimum atomic E-state index is -0.479. The van der Waals surface area contributed by atoms with E-state index in [0.717, 1.165) is 27.8 Å². The van der Waals surface area contributed by atoms with Crippen molar-refractivity contribution in [3.05, 3.63) is 70.3 Å². The van der Waals surface area contributed by atoms with Gasteiger partial charge in [-0.1, -0.05) is 55.0 Å². The van der Waals surface area contributed by atoms with Gasteiger partial charge in [-0.3, -0.25) is 9.59 Å². The number of hydrogen-bond donors (Lipinski definition) is 1. The van der Waals surface area contributed by atoms with Crippen LogP contribution in [0.4, 0.5) is 0 Å². The molecule has 0 heterocycles. The van der Waals surface area contributed by atoms with E-state index in [0.29, 0.717) is 19.4 Å². The van der Waals surface area contributed by atoms with Crippen LogP contribution in [0.15, 0.2) is 42.5 Å². The highest BCUT2D eigenvalue weighted by Crippen LogP contribution is 2.18.